The molecule has 0 amide bonds. The third kappa shape index (κ3) is 2.60. The van der Waals surface area contributed by atoms with Gasteiger partial charge in [0.05, 0.1) is 0 Å². The van der Waals surface area contributed by atoms with Gasteiger partial charge in [0.25, 0.3) is 0 Å². The number of hydrogen-bond acceptors (Lipinski definition) is 0. The molecule has 0 heterocycles. The van der Waals surface area contributed by atoms with Crippen LogP contribution in [-0.2, 0) is 0 Å². The normalized spacial score (nSPS) is 15.8. The Labute approximate surface area is 99.1 Å². The van der Waals surface area contributed by atoms with E-state index in [1.165, 1.54) is 0 Å². The van der Waals surface area contributed by atoms with Crippen LogP contribution in [0.25, 0.3) is 0 Å². The summed E-state index contributed by atoms with van der Waals surface area (Å²) in [5.41, 5.74) is 0. The first kappa shape index (κ1) is 18.2. The van der Waals surface area contributed by atoms with Crippen LogP contribution in [0.5, 0.6) is 0 Å². The molecule has 0 rings (SSSR count). The second kappa shape index (κ2) is 4.65. The van der Waals surface area contributed by atoms with Crippen molar-refractivity contribution in [1.29, 1.82) is 0 Å². The van der Waals surface area contributed by atoms with Crippen molar-refractivity contribution in [2.45, 2.75) is 49.6 Å². The van der Waals surface area contributed by atoms with Crippen molar-refractivity contribution in [3.8, 4) is 0 Å². The largest absolute Gasteiger partial charge is 0.460 e. The van der Waals surface area contributed by atoms with Crippen LogP contribution in [0.15, 0.2) is 0 Å². The van der Waals surface area contributed by atoms with Crippen LogP contribution in [0.4, 0.5) is 48.3 Å². The summed E-state index contributed by atoms with van der Waals surface area (Å²) in [5.74, 6) is -27.1. The van der Waals surface area contributed by atoms with E-state index in [2.05, 4.69) is 0 Å². The lowest BCUT2D eigenvalue weighted by Gasteiger charge is -2.37. The molecule has 0 saturated carbocycles. The van der Waals surface area contributed by atoms with Crippen molar-refractivity contribution >= 4 is 0 Å². The number of hydrogen-bond donors (Lipinski definition) is 0. The summed E-state index contributed by atoms with van der Waals surface area (Å²) < 4.78 is 135. The van der Waals surface area contributed by atoms with E-state index in [0.717, 1.165) is 6.92 Å². The lowest BCUT2D eigenvalue weighted by Crippen LogP contribution is -2.66. The van der Waals surface area contributed by atoms with Gasteiger partial charge in [0, 0.05) is 6.42 Å². The fraction of sp³-hybridized carbons (Fsp3) is 1.00. The summed E-state index contributed by atoms with van der Waals surface area (Å²) in [5, 5.41) is 0. The Kier molecular flexibility index (Phi) is 4.46. The van der Waals surface area contributed by atoms with Crippen molar-refractivity contribution in [2.75, 3.05) is 0 Å². The Bertz CT molecular complexity index is 313. The molecule has 0 unspecified atom stereocenters. The second-order valence-corrected chi connectivity index (χ2v) is 3.68. The third-order valence-electron chi connectivity index (χ3n) is 2.17. The average molecular weight is 312 g/mol. The van der Waals surface area contributed by atoms with Crippen molar-refractivity contribution in [3.05, 3.63) is 0 Å². The first-order valence-electron chi connectivity index (χ1n) is 4.64. The topological polar surface area (TPSA) is 0 Å². The molecular weight excluding hydrogens is 305 g/mol. The van der Waals surface area contributed by atoms with Crippen LogP contribution in [0.3, 0.4) is 0 Å². The molecule has 0 aromatic rings. The molecule has 11 heteroatoms. The number of alkyl halides is 11. The summed E-state index contributed by atoms with van der Waals surface area (Å²) in [6.07, 6.45) is -9.89. The first-order chi connectivity index (χ1) is 8.06. The Morgan fingerprint density at radius 2 is 0.947 bits per heavy atom. The van der Waals surface area contributed by atoms with Gasteiger partial charge in [-0.05, 0) is 0 Å². The van der Waals surface area contributed by atoms with Crippen LogP contribution in [0, 0.1) is 0 Å². The minimum Gasteiger partial charge on any atom is -0.200 e. The maximum Gasteiger partial charge on any atom is 0.460 e. The fourth-order valence-corrected chi connectivity index (χ4v) is 1.08. The standard InChI is InChI=1S/C8H7F11/c1-2-3-4(9,10)5(11,12)6(13,14)7(15,16)8(17,18)19/h2-3H2,1H3. The van der Waals surface area contributed by atoms with Crippen molar-refractivity contribution in [3.63, 3.8) is 0 Å². The molecule has 19 heavy (non-hydrogen) atoms. The SMILES string of the molecule is CCCC(F)(F)C(F)(F)C(F)(F)C(F)(F)C(F)(F)F. The molecule has 0 aliphatic carbocycles. The van der Waals surface area contributed by atoms with E-state index >= 15 is 0 Å². The van der Waals surface area contributed by atoms with E-state index < -0.39 is 42.7 Å². The minimum atomic E-state index is -7.29. The Balaban J connectivity index is 5.77. The lowest BCUT2D eigenvalue weighted by atomic mass is 9.95. The third-order valence-corrected chi connectivity index (χ3v) is 2.17. The highest BCUT2D eigenvalue weighted by Gasteiger charge is 2.86. The lowest BCUT2D eigenvalue weighted by molar-refractivity contribution is -0.422. The molecule has 0 aliphatic heterocycles. The molecule has 0 saturated heterocycles. The van der Waals surface area contributed by atoms with Gasteiger partial charge in [-0.25, -0.2) is 0 Å². The van der Waals surface area contributed by atoms with Crippen LogP contribution in [0.2, 0.25) is 0 Å². The van der Waals surface area contributed by atoms with Crippen LogP contribution in [0.1, 0.15) is 19.8 Å². The molecule has 0 aliphatic rings. The monoisotopic (exact) mass is 312 g/mol. The summed E-state index contributed by atoms with van der Waals surface area (Å²) >= 11 is 0. The molecule has 0 nitrogen and oxygen atoms in total. The van der Waals surface area contributed by atoms with E-state index in [1.54, 1.807) is 0 Å². The zero-order chi connectivity index (χ0) is 15.9. The van der Waals surface area contributed by atoms with Gasteiger partial charge >= 0.3 is 29.9 Å². The maximum atomic E-state index is 12.7. The molecule has 0 bridgehead atoms. The molecule has 0 N–H and O–H groups in total. The molecule has 0 radical (unpaired) electrons. The van der Waals surface area contributed by atoms with E-state index in [4.69, 9.17) is 0 Å². The summed E-state index contributed by atoms with van der Waals surface area (Å²) in [6, 6.07) is 0. The Morgan fingerprint density at radius 1 is 0.579 bits per heavy atom. The first-order valence-corrected chi connectivity index (χ1v) is 4.64. The van der Waals surface area contributed by atoms with E-state index in [0.29, 0.717) is 0 Å². The summed E-state index contributed by atoms with van der Waals surface area (Å²) in [4.78, 5) is 0. The summed E-state index contributed by atoms with van der Waals surface area (Å²) in [7, 11) is 0. The fourth-order valence-electron chi connectivity index (χ4n) is 1.08. The van der Waals surface area contributed by atoms with Gasteiger partial charge in [-0.1, -0.05) is 13.3 Å². The number of halogens is 11. The molecule has 0 aromatic carbocycles. The highest BCUT2D eigenvalue weighted by atomic mass is 19.4. The predicted octanol–water partition coefficient (Wildman–Crippen LogP) is 4.89. The summed E-state index contributed by atoms with van der Waals surface area (Å²) in [6.45, 7) is 0.837. The van der Waals surface area contributed by atoms with Gasteiger partial charge < -0.3 is 0 Å². The van der Waals surface area contributed by atoms with Gasteiger partial charge in [0.15, 0.2) is 0 Å². The van der Waals surface area contributed by atoms with Crippen molar-refractivity contribution < 1.29 is 48.3 Å². The predicted molar refractivity (Wildman–Crippen MR) is 40.8 cm³/mol. The second-order valence-electron chi connectivity index (χ2n) is 3.68. The van der Waals surface area contributed by atoms with Crippen molar-refractivity contribution in [2.24, 2.45) is 0 Å². The van der Waals surface area contributed by atoms with E-state index in [-0.39, 0.29) is 0 Å². The van der Waals surface area contributed by atoms with Crippen LogP contribution >= 0.6 is 0 Å². The quantitative estimate of drug-likeness (QED) is 0.634. The van der Waals surface area contributed by atoms with Gasteiger partial charge in [-0.2, -0.15) is 48.3 Å². The smallest absolute Gasteiger partial charge is 0.200 e. The number of rotatable bonds is 5. The molecule has 0 fully saturated rings. The Morgan fingerprint density at radius 3 is 1.21 bits per heavy atom. The average Bonchev–Trinajstić information content (AvgIpc) is 2.14. The maximum absolute atomic E-state index is 12.7. The van der Waals surface area contributed by atoms with Crippen LogP contribution in [-0.4, -0.2) is 29.9 Å². The highest BCUT2D eigenvalue weighted by molar-refractivity contribution is 5.05. The Hall–Kier alpha value is -0.770. The molecule has 0 aromatic heterocycles. The van der Waals surface area contributed by atoms with E-state index in [1.807, 2.05) is 0 Å². The highest BCUT2D eigenvalue weighted by Crippen LogP contribution is 2.57. The zero-order valence-corrected chi connectivity index (χ0v) is 9.07. The molecular formula is C8H7F11. The molecule has 116 valence electrons. The molecule has 0 atom stereocenters. The van der Waals surface area contributed by atoms with Gasteiger partial charge in [0.1, 0.15) is 0 Å². The molecule has 0 spiro atoms. The van der Waals surface area contributed by atoms with Gasteiger partial charge in [0.2, 0.25) is 0 Å². The van der Waals surface area contributed by atoms with Crippen LogP contribution < -0.4 is 0 Å². The zero-order valence-electron chi connectivity index (χ0n) is 9.07. The van der Waals surface area contributed by atoms with Gasteiger partial charge in [-0.15, -0.1) is 0 Å². The minimum absolute atomic E-state index is 0.823. The van der Waals surface area contributed by atoms with Gasteiger partial charge in [-0.3, -0.25) is 0 Å². The van der Waals surface area contributed by atoms with E-state index in [9.17, 15) is 48.3 Å². The van der Waals surface area contributed by atoms with Crippen molar-refractivity contribution in [1.82, 2.24) is 0 Å².